The molecule has 0 saturated carbocycles. The van der Waals surface area contributed by atoms with Gasteiger partial charge in [-0.3, -0.25) is 4.79 Å². The molecule has 2 rings (SSSR count). The van der Waals surface area contributed by atoms with E-state index in [9.17, 15) is 23.1 Å². The van der Waals surface area contributed by atoms with E-state index in [-0.39, 0.29) is 12.4 Å². The highest BCUT2D eigenvalue weighted by molar-refractivity contribution is 6.30. The third-order valence-corrected chi connectivity index (χ3v) is 4.80. The van der Waals surface area contributed by atoms with Gasteiger partial charge in [0, 0.05) is 37.7 Å². The second-order valence-corrected chi connectivity index (χ2v) is 7.19. The second kappa shape index (κ2) is 9.89. The fourth-order valence-electron chi connectivity index (χ4n) is 2.77. The molecule has 0 atom stereocenters. The Morgan fingerprint density at radius 3 is 2.38 bits per heavy atom. The van der Waals surface area contributed by atoms with E-state index in [4.69, 9.17) is 17.3 Å². The van der Waals surface area contributed by atoms with Gasteiger partial charge >= 0.3 is 6.18 Å². The number of aliphatic hydroxyl groups excluding tert-OH is 1. The van der Waals surface area contributed by atoms with Crippen LogP contribution in [0.25, 0.3) is 0 Å². The molecule has 10 heteroatoms. The van der Waals surface area contributed by atoms with E-state index in [1.165, 1.54) is 0 Å². The quantitative estimate of drug-likeness (QED) is 0.365. The second-order valence-electron chi connectivity index (χ2n) is 6.75. The van der Waals surface area contributed by atoms with Crippen LogP contribution in [0.2, 0.25) is 5.02 Å². The molecular formula is C19H24ClF3N4O2. The van der Waals surface area contributed by atoms with Gasteiger partial charge in [0.05, 0.1) is 5.82 Å². The van der Waals surface area contributed by atoms with Gasteiger partial charge in [-0.15, -0.1) is 0 Å². The Bertz CT molecular complexity index is 771. The van der Waals surface area contributed by atoms with E-state index in [0.717, 1.165) is 5.56 Å². The van der Waals surface area contributed by atoms with Crippen molar-refractivity contribution in [2.45, 2.75) is 12.6 Å². The van der Waals surface area contributed by atoms with Crippen LogP contribution in [0.5, 0.6) is 0 Å². The molecule has 4 N–H and O–H groups in total. The monoisotopic (exact) mass is 432 g/mol. The SMILES string of the molecule is CN1CCN(/C(N)=C/C(=C(\O)C(=O)NCCc2ccc(Cl)cc2)C(F)(F)F)CC1. The number of amides is 1. The first-order valence-corrected chi connectivity index (χ1v) is 9.39. The van der Waals surface area contributed by atoms with Crippen LogP contribution in [-0.2, 0) is 11.2 Å². The summed E-state index contributed by atoms with van der Waals surface area (Å²) in [6.45, 7) is 2.26. The van der Waals surface area contributed by atoms with Crippen LogP contribution >= 0.6 is 11.6 Å². The number of nitrogens with one attached hydrogen (secondary N) is 1. The summed E-state index contributed by atoms with van der Waals surface area (Å²) in [5, 5.41) is 12.8. The van der Waals surface area contributed by atoms with Crippen molar-refractivity contribution in [1.82, 2.24) is 15.1 Å². The third-order valence-electron chi connectivity index (χ3n) is 4.55. The van der Waals surface area contributed by atoms with Gasteiger partial charge in [-0.2, -0.15) is 13.2 Å². The normalized spacial score (nSPS) is 17.1. The van der Waals surface area contributed by atoms with Crippen LogP contribution < -0.4 is 11.1 Å². The molecule has 0 aliphatic carbocycles. The highest BCUT2D eigenvalue weighted by Gasteiger charge is 2.38. The number of benzene rings is 1. The van der Waals surface area contributed by atoms with E-state index < -0.39 is 23.4 Å². The number of carbonyl (C=O) groups is 1. The number of nitrogens with zero attached hydrogens (tertiary/aromatic N) is 2. The van der Waals surface area contributed by atoms with Crippen LogP contribution in [0.3, 0.4) is 0 Å². The van der Waals surface area contributed by atoms with Gasteiger partial charge in [0.1, 0.15) is 5.57 Å². The number of likely N-dealkylation sites (N-methyl/N-ethyl adjacent to an activating group) is 1. The van der Waals surface area contributed by atoms with Crippen LogP contribution in [0.4, 0.5) is 13.2 Å². The number of carbonyl (C=O) groups excluding carboxylic acids is 1. The van der Waals surface area contributed by atoms with Crippen molar-refractivity contribution in [3.63, 3.8) is 0 Å². The standard InChI is InChI=1S/C19H24ClF3N4O2/c1-26-8-10-27(11-9-26)16(24)12-15(19(21,22)23)17(28)18(29)25-7-6-13-2-4-14(20)5-3-13/h2-5,12,28H,6-11,24H2,1H3,(H,25,29)/b16-12+,17-15+. The molecule has 1 aromatic rings. The fraction of sp³-hybridized carbons (Fsp3) is 0.421. The minimum absolute atomic E-state index is 0.0489. The van der Waals surface area contributed by atoms with Crippen LogP contribution in [-0.4, -0.2) is 66.8 Å². The fourth-order valence-corrected chi connectivity index (χ4v) is 2.89. The molecule has 1 amide bonds. The van der Waals surface area contributed by atoms with Gasteiger partial charge in [-0.25, -0.2) is 0 Å². The van der Waals surface area contributed by atoms with Gasteiger partial charge < -0.3 is 26.0 Å². The Morgan fingerprint density at radius 2 is 1.83 bits per heavy atom. The molecule has 1 heterocycles. The lowest BCUT2D eigenvalue weighted by atomic mass is 10.1. The summed E-state index contributed by atoms with van der Waals surface area (Å²) in [7, 11) is 1.90. The average molecular weight is 433 g/mol. The predicted octanol–water partition coefficient (Wildman–Crippen LogP) is 2.42. The minimum atomic E-state index is -4.94. The van der Waals surface area contributed by atoms with Crippen LogP contribution in [0.1, 0.15) is 5.56 Å². The zero-order valence-corrected chi connectivity index (χ0v) is 16.7. The molecule has 29 heavy (non-hydrogen) atoms. The van der Waals surface area contributed by atoms with Gasteiger partial charge in [-0.05, 0) is 37.2 Å². The van der Waals surface area contributed by atoms with Gasteiger partial charge in [0.25, 0.3) is 5.91 Å². The largest absolute Gasteiger partial charge is 0.503 e. The zero-order valence-electron chi connectivity index (χ0n) is 16.0. The summed E-state index contributed by atoms with van der Waals surface area (Å²) in [5.74, 6) is -2.77. The Morgan fingerprint density at radius 1 is 1.24 bits per heavy atom. The highest BCUT2D eigenvalue weighted by atomic mass is 35.5. The molecule has 160 valence electrons. The van der Waals surface area contributed by atoms with E-state index in [2.05, 4.69) is 5.32 Å². The number of rotatable bonds is 6. The first kappa shape index (κ1) is 22.9. The Labute approximate surface area is 172 Å². The molecule has 1 aromatic carbocycles. The number of piperazine rings is 1. The number of alkyl halides is 3. The maximum atomic E-state index is 13.4. The Kier molecular flexibility index (Phi) is 7.80. The van der Waals surface area contributed by atoms with Crippen molar-refractivity contribution < 1.29 is 23.1 Å². The maximum absolute atomic E-state index is 13.4. The van der Waals surface area contributed by atoms with E-state index in [0.29, 0.717) is 43.7 Å². The predicted molar refractivity (Wildman–Crippen MR) is 105 cm³/mol. The van der Waals surface area contributed by atoms with E-state index >= 15 is 0 Å². The van der Waals surface area contributed by atoms with Crippen molar-refractivity contribution in [2.75, 3.05) is 39.8 Å². The number of hydrogen-bond acceptors (Lipinski definition) is 5. The molecule has 0 unspecified atom stereocenters. The molecule has 1 fully saturated rings. The Hall–Kier alpha value is -2.39. The number of allylic oxidation sites excluding steroid dienone is 2. The number of hydrogen-bond donors (Lipinski definition) is 3. The third kappa shape index (κ3) is 6.86. The Balaban J connectivity index is 2.08. The molecule has 0 bridgehead atoms. The van der Waals surface area contributed by atoms with Gasteiger partial charge in [0.15, 0.2) is 5.76 Å². The summed E-state index contributed by atoms with van der Waals surface area (Å²) < 4.78 is 40.2. The van der Waals surface area contributed by atoms with Crippen molar-refractivity contribution >= 4 is 17.5 Å². The molecule has 1 saturated heterocycles. The minimum Gasteiger partial charge on any atom is -0.503 e. The molecule has 1 aliphatic rings. The zero-order chi connectivity index (χ0) is 21.6. The van der Waals surface area contributed by atoms with Crippen molar-refractivity contribution in [3.8, 4) is 0 Å². The molecule has 0 spiro atoms. The lowest BCUT2D eigenvalue weighted by Crippen LogP contribution is -2.45. The van der Waals surface area contributed by atoms with Gasteiger partial charge in [0.2, 0.25) is 0 Å². The lowest BCUT2D eigenvalue weighted by molar-refractivity contribution is -0.122. The highest BCUT2D eigenvalue weighted by Crippen LogP contribution is 2.29. The summed E-state index contributed by atoms with van der Waals surface area (Å²) in [6.07, 6.45) is -3.95. The van der Waals surface area contributed by atoms with Crippen LogP contribution in [0.15, 0.2) is 47.5 Å². The molecular weight excluding hydrogens is 409 g/mol. The molecule has 0 radical (unpaired) electrons. The van der Waals surface area contributed by atoms with Crippen molar-refractivity contribution in [2.24, 2.45) is 5.73 Å². The smallest absolute Gasteiger partial charge is 0.420 e. The molecule has 1 aliphatic heterocycles. The first-order valence-electron chi connectivity index (χ1n) is 9.01. The number of halogens is 4. The van der Waals surface area contributed by atoms with Crippen LogP contribution in [0, 0.1) is 0 Å². The summed E-state index contributed by atoms with van der Waals surface area (Å²) in [6, 6.07) is 6.82. The summed E-state index contributed by atoms with van der Waals surface area (Å²) in [5.41, 5.74) is 5.17. The average Bonchev–Trinajstić information content (AvgIpc) is 2.66. The molecule has 6 nitrogen and oxygen atoms in total. The van der Waals surface area contributed by atoms with Crippen molar-refractivity contribution in [1.29, 1.82) is 0 Å². The lowest BCUT2D eigenvalue weighted by Gasteiger charge is -2.34. The topological polar surface area (TPSA) is 81.8 Å². The van der Waals surface area contributed by atoms with E-state index in [1.807, 2.05) is 11.9 Å². The summed E-state index contributed by atoms with van der Waals surface area (Å²) in [4.78, 5) is 15.7. The number of aliphatic hydroxyl groups is 1. The van der Waals surface area contributed by atoms with Gasteiger partial charge in [-0.1, -0.05) is 23.7 Å². The molecule has 0 aromatic heterocycles. The maximum Gasteiger partial charge on any atom is 0.420 e. The number of nitrogens with two attached hydrogens (primary N) is 1. The van der Waals surface area contributed by atoms with Crippen molar-refractivity contribution in [3.05, 3.63) is 58.1 Å². The van der Waals surface area contributed by atoms with E-state index in [1.54, 1.807) is 29.2 Å². The summed E-state index contributed by atoms with van der Waals surface area (Å²) >= 11 is 5.78. The first-order chi connectivity index (χ1) is 13.6.